The number of benzene rings is 1. The van der Waals surface area contributed by atoms with E-state index in [1.807, 2.05) is 26.0 Å². The van der Waals surface area contributed by atoms with Crippen molar-refractivity contribution in [2.45, 2.75) is 58.4 Å². The van der Waals surface area contributed by atoms with Gasteiger partial charge in [0.15, 0.2) is 0 Å². The molecule has 2 aliphatic heterocycles. The van der Waals surface area contributed by atoms with Crippen LogP contribution in [0.1, 0.15) is 61.9 Å². The zero-order chi connectivity index (χ0) is 20.6. The van der Waals surface area contributed by atoms with E-state index in [4.69, 9.17) is 9.47 Å². The number of piperidine rings is 1. The van der Waals surface area contributed by atoms with Gasteiger partial charge >= 0.3 is 5.97 Å². The molecule has 1 aromatic carbocycles. The molecule has 3 rings (SSSR count). The van der Waals surface area contributed by atoms with Gasteiger partial charge in [-0.15, -0.1) is 0 Å². The van der Waals surface area contributed by atoms with Crippen molar-refractivity contribution >= 4 is 11.7 Å². The number of aromatic carboxylic acids is 1. The Bertz CT molecular complexity index is 720. The maximum atomic E-state index is 11.9. The summed E-state index contributed by atoms with van der Waals surface area (Å²) < 4.78 is 11.6. The minimum absolute atomic E-state index is 0.292. The second kappa shape index (κ2) is 10.6. The minimum Gasteiger partial charge on any atom is -0.478 e. The molecule has 0 amide bonds. The Morgan fingerprint density at radius 3 is 2.62 bits per heavy atom. The molecular formula is C23H34N2O4. The molecule has 6 nitrogen and oxygen atoms in total. The summed E-state index contributed by atoms with van der Waals surface area (Å²) in [6.07, 6.45) is 8.22. The first-order valence-corrected chi connectivity index (χ1v) is 10.9. The van der Waals surface area contributed by atoms with E-state index in [1.165, 1.54) is 19.3 Å². The average Bonchev–Trinajstić information content (AvgIpc) is 2.74. The standard InChI is InChI=1S/C23H34N2O4/c1-3-18(16-25-10-6-5-7-11-25)29-19-14-21(23(26)27)20(4-2)22(15-19)24-17-8-12-28-13-9-17/h3,14-15,17,24H,4-13,16H2,1-2H3,(H,26,27)/b18-3-. The lowest BCUT2D eigenvalue weighted by Gasteiger charge is -2.28. The van der Waals surface area contributed by atoms with E-state index in [0.717, 1.165) is 62.7 Å². The predicted molar refractivity (Wildman–Crippen MR) is 115 cm³/mol. The van der Waals surface area contributed by atoms with Crippen molar-refractivity contribution in [2.24, 2.45) is 0 Å². The quantitative estimate of drug-likeness (QED) is 0.632. The van der Waals surface area contributed by atoms with Gasteiger partial charge in [0.2, 0.25) is 0 Å². The fourth-order valence-corrected chi connectivity index (χ4v) is 4.14. The molecule has 160 valence electrons. The number of nitrogens with one attached hydrogen (secondary N) is 1. The van der Waals surface area contributed by atoms with Crippen LogP contribution in [0.5, 0.6) is 5.75 Å². The number of likely N-dealkylation sites (tertiary alicyclic amines) is 1. The molecule has 2 fully saturated rings. The van der Waals surface area contributed by atoms with E-state index < -0.39 is 5.97 Å². The third-order valence-electron chi connectivity index (χ3n) is 5.79. The summed E-state index contributed by atoms with van der Waals surface area (Å²) in [6, 6.07) is 3.91. The highest BCUT2D eigenvalue weighted by molar-refractivity contribution is 5.92. The Hall–Kier alpha value is -2.05. The van der Waals surface area contributed by atoms with E-state index in [0.29, 0.717) is 23.8 Å². The van der Waals surface area contributed by atoms with Crippen molar-refractivity contribution in [1.29, 1.82) is 0 Å². The molecule has 2 N–H and O–H groups in total. The first-order chi connectivity index (χ1) is 14.1. The Morgan fingerprint density at radius 1 is 1.28 bits per heavy atom. The third-order valence-corrected chi connectivity index (χ3v) is 5.79. The maximum Gasteiger partial charge on any atom is 0.336 e. The topological polar surface area (TPSA) is 71.0 Å². The molecule has 0 unspecified atom stereocenters. The number of carbonyl (C=O) groups is 1. The Kier molecular flexibility index (Phi) is 7.95. The summed E-state index contributed by atoms with van der Waals surface area (Å²) in [4.78, 5) is 14.3. The molecule has 0 bridgehead atoms. The summed E-state index contributed by atoms with van der Waals surface area (Å²) in [5.74, 6) is 0.532. The fraction of sp³-hybridized carbons (Fsp3) is 0.609. The van der Waals surface area contributed by atoms with Crippen LogP contribution in [0.25, 0.3) is 0 Å². The van der Waals surface area contributed by atoms with E-state index >= 15 is 0 Å². The second-order valence-electron chi connectivity index (χ2n) is 7.88. The Balaban J connectivity index is 1.81. The van der Waals surface area contributed by atoms with Crippen molar-refractivity contribution in [1.82, 2.24) is 4.90 Å². The Morgan fingerprint density at radius 2 is 2.00 bits per heavy atom. The lowest BCUT2D eigenvalue weighted by Crippen LogP contribution is -2.32. The van der Waals surface area contributed by atoms with Crippen molar-refractivity contribution < 1.29 is 19.4 Å². The van der Waals surface area contributed by atoms with Gasteiger partial charge < -0.3 is 19.9 Å². The first-order valence-electron chi connectivity index (χ1n) is 10.9. The largest absolute Gasteiger partial charge is 0.478 e. The van der Waals surface area contributed by atoms with Gasteiger partial charge in [-0.2, -0.15) is 0 Å². The first kappa shape index (κ1) is 21.7. The summed E-state index contributed by atoms with van der Waals surface area (Å²) in [5.41, 5.74) is 2.00. The number of nitrogens with zero attached hydrogens (tertiary/aromatic N) is 1. The van der Waals surface area contributed by atoms with E-state index in [9.17, 15) is 9.90 Å². The van der Waals surface area contributed by atoms with Crippen LogP contribution in [0.3, 0.4) is 0 Å². The maximum absolute atomic E-state index is 11.9. The third kappa shape index (κ3) is 5.97. The van der Waals surface area contributed by atoms with Gasteiger partial charge in [-0.1, -0.05) is 13.3 Å². The highest BCUT2D eigenvalue weighted by atomic mass is 16.5. The van der Waals surface area contributed by atoms with Gasteiger partial charge in [0.25, 0.3) is 0 Å². The number of ether oxygens (including phenoxy) is 2. The van der Waals surface area contributed by atoms with Crippen molar-refractivity contribution in [3.63, 3.8) is 0 Å². The number of anilines is 1. The number of hydrogen-bond donors (Lipinski definition) is 2. The monoisotopic (exact) mass is 402 g/mol. The normalized spacial score (nSPS) is 19.2. The molecular weight excluding hydrogens is 368 g/mol. The van der Waals surface area contributed by atoms with Crippen LogP contribution in [-0.2, 0) is 11.2 Å². The molecule has 2 saturated heterocycles. The van der Waals surface area contributed by atoms with Crippen LogP contribution in [0.2, 0.25) is 0 Å². The molecule has 0 saturated carbocycles. The van der Waals surface area contributed by atoms with E-state index in [2.05, 4.69) is 10.2 Å². The SMILES string of the molecule is C/C=C(/CN1CCCCC1)Oc1cc(NC2CCOCC2)c(CC)c(C(=O)O)c1. The molecule has 29 heavy (non-hydrogen) atoms. The summed E-state index contributed by atoms with van der Waals surface area (Å²) >= 11 is 0. The number of hydrogen-bond acceptors (Lipinski definition) is 5. The van der Waals surface area contributed by atoms with Crippen molar-refractivity contribution in [3.05, 3.63) is 35.1 Å². The molecule has 2 heterocycles. The van der Waals surface area contributed by atoms with Gasteiger partial charge in [0, 0.05) is 31.0 Å². The molecule has 0 atom stereocenters. The van der Waals surface area contributed by atoms with Crippen molar-refractivity contribution in [2.75, 3.05) is 38.2 Å². The highest BCUT2D eigenvalue weighted by Crippen LogP contribution is 2.31. The predicted octanol–water partition coefficient (Wildman–Crippen LogP) is 4.31. The lowest BCUT2D eigenvalue weighted by molar-refractivity contribution is 0.0695. The van der Waals surface area contributed by atoms with Crippen molar-refractivity contribution in [3.8, 4) is 5.75 Å². The van der Waals surface area contributed by atoms with Crippen LogP contribution >= 0.6 is 0 Å². The number of allylic oxidation sites excluding steroid dienone is 1. The zero-order valence-electron chi connectivity index (χ0n) is 17.7. The molecule has 0 radical (unpaired) electrons. The zero-order valence-corrected chi connectivity index (χ0v) is 17.7. The van der Waals surface area contributed by atoms with E-state index in [1.54, 1.807) is 6.07 Å². The molecule has 6 heteroatoms. The Labute approximate surface area is 173 Å². The van der Waals surface area contributed by atoms with Gasteiger partial charge in [0.05, 0.1) is 12.1 Å². The van der Waals surface area contributed by atoms with Gasteiger partial charge in [-0.25, -0.2) is 4.79 Å². The van der Waals surface area contributed by atoms with Crippen LogP contribution in [-0.4, -0.2) is 54.9 Å². The van der Waals surface area contributed by atoms with Crippen LogP contribution in [0, 0.1) is 0 Å². The summed E-state index contributed by atoms with van der Waals surface area (Å²) in [5, 5.41) is 13.3. The highest BCUT2D eigenvalue weighted by Gasteiger charge is 2.21. The van der Waals surface area contributed by atoms with Gasteiger partial charge in [0.1, 0.15) is 11.5 Å². The van der Waals surface area contributed by atoms with Gasteiger partial charge in [-0.05, 0) is 69.8 Å². The smallest absolute Gasteiger partial charge is 0.336 e. The average molecular weight is 403 g/mol. The number of carboxylic acid groups (broad SMARTS) is 1. The van der Waals surface area contributed by atoms with Crippen LogP contribution in [0.4, 0.5) is 5.69 Å². The molecule has 1 aromatic rings. The minimum atomic E-state index is -0.916. The molecule has 0 aliphatic carbocycles. The second-order valence-corrected chi connectivity index (χ2v) is 7.88. The summed E-state index contributed by atoms with van der Waals surface area (Å²) in [6.45, 7) is 8.37. The molecule has 2 aliphatic rings. The van der Waals surface area contributed by atoms with E-state index in [-0.39, 0.29) is 0 Å². The van der Waals surface area contributed by atoms with Gasteiger partial charge in [-0.3, -0.25) is 4.90 Å². The molecule has 0 aromatic heterocycles. The number of carboxylic acids is 1. The van der Waals surface area contributed by atoms with Crippen LogP contribution in [0.15, 0.2) is 24.0 Å². The number of rotatable bonds is 8. The lowest BCUT2D eigenvalue weighted by atomic mass is 10.0. The fourth-order valence-electron chi connectivity index (χ4n) is 4.14. The van der Waals surface area contributed by atoms with Crippen LogP contribution < -0.4 is 10.1 Å². The molecule has 0 spiro atoms. The summed E-state index contributed by atoms with van der Waals surface area (Å²) in [7, 11) is 0.